The molecule has 1 aromatic heterocycles. The highest BCUT2D eigenvalue weighted by Gasteiger charge is 2.30. The number of rotatable bonds is 3. The summed E-state index contributed by atoms with van der Waals surface area (Å²) in [6.45, 7) is 1.93. The van der Waals surface area contributed by atoms with Gasteiger partial charge in [0.25, 0.3) is 0 Å². The highest BCUT2D eigenvalue weighted by Crippen LogP contribution is 2.30. The second-order valence-electron chi connectivity index (χ2n) is 5.36. The number of anilines is 1. The number of benzene rings is 2. The van der Waals surface area contributed by atoms with E-state index in [9.17, 15) is 18.0 Å². The number of halogens is 3. The second kappa shape index (κ2) is 6.24. The van der Waals surface area contributed by atoms with Gasteiger partial charge in [0.1, 0.15) is 0 Å². The zero-order valence-corrected chi connectivity index (χ0v) is 13.5. The minimum absolute atomic E-state index is 0.140. The molecule has 0 unspecified atom stereocenters. The number of nitrogens with one attached hydrogen (secondary N) is 1. The summed E-state index contributed by atoms with van der Waals surface area (Å²) in [7, 11) is 0. The summed E-state index contributed by atoms with van der Waals surface area (Å²) in [5.41, 5.74) is 1.36. The van der Waals surface area contributed by atoms with Crippen LogP contribution >= 0.6 is 11.3 Å². The van der Waals surface area contributed by atoms with Crippen LogP contribution in [0.2, 0.25) is 0 Å². The van der Waals surface area contributed by atoms with Crippen LogP contribution in [0.5, 0.6) is 0 Å². The number of aryl methyl sites for hydroxylation is 1. The minimum Gasteiger partial charge on any atom is -0.302 e. The van der Waals surface area contributed by atoms with Gasteiger partial charge >= 0.3 is 6.18 Å². The monoisotopic (exact) mass is 350 g/mol. The van der Waals surface area contributed by atoms with Gasteiger partial charge in [0.15, 0.2) is 5.13 Å². The molecule has 2 aromatic carbocycles. The number of hydrogen-bond donors (Lipinski definition) is 1. The van der Waals surface area contributed by atoms with Gasteiger partial charge in [0, 0.05) is 0 Å². The zero-order chi connectivity index (χ0) is 17.3. The van der Waals surface area contributed by atoms with E-state index in [1.54, 1.807) is 0 Å². The first-order valence-corrected chi connectivity index (χ1v) is 7.97. The van der Waals surface area contributed by atoms with Gasteiger partial charge < -0.3 is 5.32 Å². The lowest BCUT2D eigenvalue weighted by Gasteiger charge is -2.08. The van der Waals surface area contributed by atoms with Crippen LogP contribution < -0.4 is 5.32 Å². The molecule has 0 aliphatic rings. The number of carbonyl (C=O) groups is 1. The average molecular weight is 350 g/mol. The van der Waals surface area contributed by atoms with Gasteiger partial charge in [-0.05, 0) is 30.2 Å². The fourth-order valence-corrected chi connectivity index (χ4v) is 3.31. The Balaban J connectivity index is 1.74. The Bertz CT molecular complexity index is 902. The molecule has 3 aromatic rings. The largest absolute Gasteiger partial charge is 0.416 e. The lowest BCUT2D eigenvalue weighted by molar-refractivity contribution is -0.137. The average Bonchev–Trinajstić information content (AvgIpc) is 2.90. The minimum atomic E-state index is -4.42. The topological polar surface area (TPSA) is 42.0 Å². The first kappa shape index (κ1) is 16.4. The number of fused-ring (bicyclic) bond motifs is 1. The molecule has 0 aliphatic carbocycles. The van der Waals surface area contributed by atoms with Crippen molar-refractivity contribution in [2.24, 2.45) is 0 Å². The molecule has 3 nitrogen and oxygen atoms in total. The lowest BCUT2D eigenvalue weighted by atomic mass is 10.1. The fourth-order valence-electron chi connectivity index (χ4n) is 2.35. The molecule has 124 valence electrons. The van der Waals surface area contributed by atoms with Crippen molar-refractivity contribution in [3.8, 4) is 0 Å². The molecule has 0 spiro atoms. The number of nitrogens with zero attached hydrogens (tertiary/aromatic N) is 1. The Labute approximate surface area is 140 Å². The van der Waals surface area contributed by atoms with Crippen molar-refractivity contribution in [2.75, 3.05) is 5.32 Å². The van der Waals surface area contributed by atoms with Crippen molar-refractivity contribution in [2.45, 2.75) is 19.5 Å². The summed E-state index contributed by atoms with van der Waals surface area (Å²) in [5.74, 6) is -0.397. The number of para-hydroxylation sites is 1. The molecule has 24 heavy (non-hydrogen) atoms. The Morgan fingerprint density at radius 1 is 1.21 bits per heavy atom. The van der Waals surface area contributed by atoms with Crippen LogP contribution in [0, 0.1) is 6.92 Å². The van der Waals surface area contributed by atoms with Crippen LogP contribution in [0.3, 0.4) is 0 Å². The van der Waals surface area contributed by atoms with Crippen LogP contribution in [0.4, 0.5) is 18.3 Å². The maximum absolute atomic E-state index is 12.7. The van der Waals surface area contributed by atoms with Crippen molar-refractivity contribution >= 4 is 32.6 Å². The van der Waals surface area contributed by atoms with Gasteiger partial charge in [-0.2, -0.15) is 13.2 Å². The summed E-state index contributed by atoms with van der Waals surface area (Å²) >= 11 is 1.33. The van der Waals surface area contributed by atoms with Gasteiger partial charge in [0.05, 0.1) is 22.2 Å². The summed E-state index contributed by atoms with van der Waals surface area (Å²) < 4.78 is 39.0. The molecule has 0 radical (unpaired) electrons. The van der Waals surface area contributed by atoms with Gasteiger partial charge in [0.2, 0.25) is 5.91 Å². The third-order valence-corrected chi connectivity index (χ3v) is 4.42. The number of aromatic nitrogens is 1. The number of thiazole rings is 1. The molecule has 0 aliphatic heterocycles. The fraction of sp³-hybridized carbons (Fsp3) is 0.176. The van der Waals surface area contributed by atoms with E-state index in [1.165, 1.54) is 23.5 Å². The van der Waals surface area contributed by atoms with E-state index in [4.69, 9.17) is 0 Å². The number of alkyl halides is 3. The van der Waals surface area contributed by atoms with Crippen molar-refractivity contribution < 1.29 is 18.0 Å². The molecule has 0 bridgehead atoms. The van der Waals surface area contributed by atoms with Crippen molar-refractivity contribution in [3.05, 3.63) is 59.2 Å². The first-order valence-electron chi connectivity index (χ1n) is 7.15. The Morgan fingerprint density at radius 3 is 2.67 bits per heavy atom. The second-order valence-corrected chi connectivity index (χ2v) is 6.39. The summed E-state index contributed by atoms with van der Waals surface area (Å²) in [6.07, 6.45) is -4.56. The Kier molecular flexibility index (Phi) is 4.28. The zero-order valence-electron chi connectivity index (χ0n) is 12.6. The van der Waals surface area contributed by atoms with Gasteiger partial charge in [-0.1, -0.05) is 41.7 Å². The molecule has 1 N–H and O–H groups in total. The molecule has 0 atom stereocenters. The smallest absolute Gasteiger partial charge is 0.302 e. The molecular weight excluding hydrogens is 337 g/mol. The van der Waals surface area contributed by atoms with E-state index in [-0.39, 0.29) is 6.42 Å². The molecule has 0 saturated carbocycles. The van der Waals surface area contributed by atoms with Crippen molar-refractivity contribution in [1.29, 1.82) is 0 Å². The van der Waals surface area contributed by atoms with Crippen molar-refractivity contribution in [3.63, 3.8) is 0 Å². The standard InChI is InChI=1S/C17H13F3N2OS/c1-10-4-2-7-13-15(10)22-16(24-13)21-14(23)9-11-5-3-6-12(8-11)17(18,19)20/h2-8H,9H2,1H3,(H,21,22,23). The van der Waals surface area contributed by atoms with E-state index in [2.05, 4.69) is 10.3 Å². The third kappa shape index (κ3) is 3.56. The highest BCUT2D eigenvalue weighted by molar-refractivity contribution is 7.22. The van der Waals surface area contributed by atoms with Crippen LogP contribution in [-0.2, 0) is 17.4 Å². The number of hydrogen-bond acceptors (Lipinski definition) is 3. The molecular formula is C17H13F3N2OS. The Morgan fingerprint density at radius 2 is 1.96 bits per heavy atom. The molecule has 1 heterocycles. The third-order valence-electron chi connectivity index (χ3n) is 3.49. The van der Waals surface area contributed by atoms with Gasteiger partial charge in [-0.25, -0.2) is 4.98 Å². The van der Waals surface area contributed by atoms with Crippen LogP contribution in [0.25, 0.3) is 10.2 Å². The molecule has 1 amide bonds. The summed E-state index contributed by atoms with van der Waals surface area (Å²) in [6, 6.07) is 10.5. The molecule has 0 saturated heterocycles. The van der Waals surface area contributed by atoms with Crippen LogP contribution in [0.1, 0.15) is 16.7 Å². The summed E-state index contributed by atoms with van der Waals surface area (Å²) in [4.78, 5) is 16.4. The maximum atomic E-state index is 12.7. The van der Waals surface area contributed by atoms with E-state index in [0.29, 0.717) is 10.7 Å². The predicted molar refractivity (Wildman–Crippen MR) is 88.1 cm³/mol. The summed E-state index contributed by atoms with van der Waals surface area (Å²) in [5, 5.41) is 3.09. The molecule has 3 rings (SSSR count). The first-order chi connectivity index (χ1) is 11.3. The predicted octanol–water partition coefficient (Wildman–Crippen LogP) is 4.80. The van der Waals surface area contributed by atoms with Gasteiger partial charge in [-0.15, -0.1) is 0 Å². The van der Waals surface area contributed by atoms with Crippen LogP contribution in [0.15, 0.2) is 42.5 Å². The van der Waals surface area contributed by atoms with E-state index in [0.717, 1.165) is 27.9 Å². The maximum Gasteiger partial charge on any atom is 0.416 e. The van der Waals surface area contributed by atoms with Crippen LogP contribution in [-0.4, -0.2) is 10.9 Å². The van der Waals surface area contributed by atoms with E-state index in [1.807, 2.05) is 25.1 Å². The van der Waals surface area contributed by atoms with E-state index >= 15 is 0 Å². The van der Waals surface area contributed by atoms with Gasteiger partial charge in [-0.3, -0.25) is 4.79 Å². The normalized spacial score (nSPS) is 11.7. The number of carbonyl (C=O) groups excluding carboxylic acids is 1. The molecule has 7 heteroatoms. The van der Waals surface area contributed by atoms with E-state index < -0.39 is 17.6 Å². The Hall–Kier alpha value is -2.41. The molecule has 0 fully saturated rings. The quantitative estimate of drug-likeness (QED) is 0.737. The highest BCUT2D eigenvalue weighted by atomic mass is 32.1. The SMILES string of the molecule is Cc1cccc2sc(NC(=O)Cc3cccc(C(F)(F)F)c3)nc12. The van der Waals surface area contributed by atoms with Crippen molar-refractivity contribution in [1.82, 2.24) is 4.98 Å². The lowest BCUT2D eigenvalue weighted by Crippen LogP contribution is -2.15. The number of amides is 1.